The summed E-state index contributed by atoms with van der Waals surface area (Å²) < 4.78 is 11.1. The van der Waals surface area contributed by atoms with Gasteiger partial charge in [-0.05, 0) is 55.2 Å². The fourth-order valence-corrected chi connectivity index (χ4v) is 3.78. The number of hydrogen-bond donors (Lipinski definition) is 2. The molecule has 3 rings (SSSR count). The highest BCUT2D eigenvalue weighted by Gasteiger charge is 2.22. The zero-order valence-corrected chi connectivity index (χ0v) is 15.5. The van der Waals surface area contributed by atoms with E-state index < -0.39 is 0 Å². The van der Waals surface area contributed by atoms with Crippen LogP contribution in [0.2, 0.25) is 0 Å². The second-order valence-electron chi connectivity index (χ2n) is 7.20. The fourth-order valence-electron chi connectivity index (χ4n) is 3.78. The lowest BCUT2D eigenvalue weighted by Gasteiger charge is -2.28. The van der Waals surface area contributed by atoms with Gasteiger partial charge in [-0.25, -0.2) is 14.6 Å². The minimum atomic E-state index is -0.138. The summed E-state index contributed by atoms with van der Waals surface area (Å²) in [4.78, 5) is 26.0. The highest BCUT2D eigenvalue weighted by atomic mass is 16.6. The van der Waals surface area contributed by atoms with Crippen LogP contribution >= 0.6 is 0 Å². The molecule has 2 unspecified atom stereocenters. The lowest BCUT2D eigenvalue weighted by Crippen LogP contribution is -2.40. The molecule has 1 fully saturated rings. The fraction of sp³-hybridized carbons (Fsp3) is 0.600. The maximum atomic E-state index is 12.0. The summed E-state index contributed by atoms with van der Waals surface area (Å²) in [5.74, 6) is 2.44. The lowest BCUT2D eigenvalue weighted by atomic mass is 9.81. The van der Waals surface area contributed by atoms with Gasteiger partial charge in [-0.3, -0.25) is 0 Å². The van der Waals surface area contributed by atoms with Crippen LogP contribution < -0.4 is 20.1 Å². The molecule has 1 saturated carbocycles. The van der Waals surface area contributed by atoms with Crippen molar-refractivity contribution < 1.29 is 19.1 Å². The Morgan fingerprint density at radius 2 is 1.96 bits per heavy atom. The molecule has 7 nitrogen and oxygen atoms in total. The summed E-state index contributed by atoms with van der Waals surface area (Å²) >= 11 is 0. The number of nitrogens with zero attached hydrogens (tertiary/aromatic N) is 1. The van der Waals surface area contributed by atoms with Crippen molar-refractivity contribution in [2.45, 2.75) is 32.1 Å². The molecular weight excluding hydrogens is 346 g/mol. The number of nitrogens with one attached hydrogen (secondary N) is 2. The van der Waals surface area contributed by atoms with Crippen LogP contribution in [-0.2, 0) is 11.2 Å². The third-order valence-corrected chi connectivity index (χ3v) is 5.16. The number of hydrogen-bond acceptors (Lipinski definition) is 5. The number of urea groups is 1. The molecule has 1 aromatic rings. The smallest absolute Gasteiger partial charge is 0.314 e. The summed E-state index contributed by atoms with van der Waals surface area (Å²) in [5.41, 5.74) is 1.10. The van der Waals surface area contributed by atoms with Crippen LogP contribution in [0.4, 0.5) is 4.79 Å². The van der Waals surface area contributed by atoms with E-state index in [1.165, 1.54) is 0 Å². The van der Waals surface area contributed by atoms with Crippen molar-refractivity contribution in [2.24, 2.45) is 16.8 Å². The van der Waals surface area contributed by atoms with Gasteiger partial charge in [0.25, 0.3) is 0 Å². The first-order valence-electron chi connectivity index (χ1n) is 9.68. The quantitative estimate of drug-likeness (QED) is 0.567. The largest absolute Gasteiger partial charge is 0.486 e. The standard InChI is InChI=1S/C20H27N3O4/c24-14-21-12-16-2-1-3-17(10-16)13-23-20(25)22-7-6-15-4-5-18-19(11-15)27-9-8-26-18/h4-5,11,16-17H,1-3,6-10,12-13H2,(H2,22,23,25). The van der Waals surface area contributed by atoms with E-state index in [2.05, 4.69) is 15.6 Å². The number of fused-ring (bicyclic) bond motifs is 1. The van der Waals surface area contributed by atoms with Gasteiger partial charge in [0, 0.05) is 13.1 Å². The molecule has 1 aliphatic heterocycles. The Kier molecular flexibility index (Phi) is 7.11. The number of ether oxygens (including phenoxy) is 2. The zero-order chi connectivity index (χ0) is 18.9. The lowest BCUT2D eigenvalue weighted by molar-refractivity contribution is 0.171. The number of rotatable bonds is 7. The summed E-state index contributed by atoms with van der Waals surface area (Å²) in [5, 5.41) is 5.87. The van der Waals surface area contributed by atoms with Gasteiger partial charge in [0.1, 0.15) is 13.2 Å². The third kappa shape index (κ3) is 6.00. The van der Waals surface area contributed by atoms with Crippen molar-refractivity contribution in [1.82, 2.24) is 10.6 Å². The van der Waals surface area contributed by atoms with E-state index >= 15 is 0 Å². The Labute approximate surface area is 159 Å². The van der Waals surface area contributed by atoms with E-state index in [0.29, 0.717) is 44.7 Å². The molecule has 1 heterocycles. The predicted molar refractivity (Wildman–Crippen MR) is 101 cm³/mol. The second-order valence-corrected chi connectivity index (χ2v) is 7.20. The molecule has 146 valence electrons. The van der Waals surface area contributed by atoms with Gasteiger partial charge in [-0.2, -0.15) is 0 Å². The molecule has 0 saturated heterocycles. The van der Waals surface area contributed by atoms with Crippen molar-refractivity contribution in [3.63, 3.8) is 0 Å². The minimum Gasteiger partial charge on any atom is -0.486 e. The van der Waals surface area contributed by atoms with Crippen LogP contribution in [0.1, 0.15) is 31.2 Å². The summed E-state index contributed by atoms with van der Waals surface area (Å²) in [6, 6.07) is 5.74. The maximum Gasteiger partial charge on any atom is 0.314 e. The van der Waals surface area contributed by atoms with Gasteiger partial charge in [-0.1, -0.05) is 12.5 Å². The monoisotopic (exact) mass is 373 g/mol. The Bertz CT molecular complexity index is 688. The predicted octanol–water partition coefficient (Wildman–Crippen LogP) is 2.44. The van der Waals surface area contributed by atoms with Gasteiger partial charge >= 0.3 is 6.03 Å². The van der Waals surface area contributed by atoms with E-state index in [0.717, 1.165) is 49.2 Å². The topological polar surface area (TPSA) is 89.0 Å². The molecule has 27 heavy (non-hydrogen) atoms. The first kappa shape index (κ1) is 19.2. The molecule has 0 bridgehead atoms. The molecule has 2 aliphatic rings. The third-order valence-electron chi connectivity index (χ3n) is 5.16. The van der Waals surface area contributed by atoms with Gasteiger partial charge in [0.15, 0.2) is 11.5 Å². The molecule has 2 atom stereocenters. The first-order valence-corrected chi connectivity index (χ1v) is 9.68. The zero-order valence-electron chi connectivity index (χ0n) is 15.5. The van der Waals surface area contributed by atoms with Gasteiger partial charge in [0.05, 0.1) is 6.54 Å². The van der Waals surface area contributed by atoms with Crippen LogP contribution in [0, 0.1) is 11.8 Å². The van der Waals surface area contributed by atoms with Gasteiger partial charge < -0.3 is 20.1 Å². The van der Waals surface area contributed by atoms with Crippen molar-refractivity contribution >= 4 is 12.1 Å². The van der Waals surface area contributed by atoms with E-state index in [1.54, 1.807) is 6.08 Å². The van der Waals surface area contributed by atoms with E-state index in [4.69, 9.17) is 9.47 Å². The molecule has 0 spiro atoms. The Morgan fingerprint density at radius 1 is 1.15 bits per heavy atom. The van der Waals surface area contributed by atoms with Crippen molar-refractivity contribution in [3.8, 4) is 11.5 Å². The molecule has 7 heteroatoms. The molecule has 1 aromatic carbocycles. The molecule has 2 N–H and O–H groups in total. The summed E-state index contributed by atoms with van der Waals surface area (Å²) in [6.07, 6.45) is 6.68. The number of carbonyl (C=O) groups is 1. The first-order chi connectivity index (χ1) is 13.2. The van der Waals surface area contributed by atoms with E-state index in [-0.39, 0.29) is 6.03 Å². The molecule has 2 amide bonds. The average Bonchev–Trinajstić information content (AvgIpc) is 2.71. The molecular formula is C20H27N3O4. The number of amides is 2. The Morgan fingerprint density at radius 3 is 2.81 bits per heavy atom. The molecule has 1 aliphatic carbocycles. The average molecular weight is 373 g/mol. The van der Waals surface area contributed by atoms with Crippen LogP contribution in [0.25, 0.3) is 0 Å². The summed E-state index contributed by atoms with van der Waals surface area (Å²) in [6.45, 7) is 2.94. The van der Waals surface area contributed by atoms with Crippen LogP contribution in [0.5, 0.6) is 11.5 Å². The summed E-state index contributed by atoms with van der Waals surface area (Å²) in [7, 11) is 0. The van der Waals surface area contributed by atoms with Crippen LogP contribution in [-0.4, -0.2) is 45.0 Å². The number of aliphatic imine (C=N–C) groups is 1. The van der Waals surface area contributed by atoms with Crippen LogP contribution in [0.15, 0.2) is 23.2 Å². The normalized spacial score (nSPS) is 21.0. The van der Waals surface area contributed by atoms with Crippen molar-refractivity contribution in [2.75, 3.05) is 32.8 Å². The van der Waals surface area contributed by atoms with Crippen LogP contribution in [0.3, 0.4) is 0 Å². The SMILES string of the molecule is O=C=NCC1CCCC(CNC(=O)NCCc2ccc3c(c2)OCCO3)C1. The Hall–Kier alpha value is -2.53. The van der Waals surface area contributed by atoms with Crippen molar-refractivity contribution in [3.05, 3.63) is 23.8 Å². The van der Waals surface area contributed by atoms with E-state index in [1.807, 2.05) is 18.2 Å². The highest BCUT2D eigenvalue weighted by molar-refractivity contribution is 5.73. The van der Waals surface area contributed by atoms with E-state index in [9.17, 15) is 9.59 Å². The highest BCUT2D eigenvalue weighted by Crippen LogP contribution is 2.31. The minimum absolute atomic E-state index is 0.138. The van der Waals surface area contributed by atoms with Gasteiger partial charge in [-0.15, -0.1) is 0 Å². The Balaban J connectivity index is 1.34. The maximum absolute atomic E-state index is 12.0. The number of carbonyl (C=O) groups excluding carboxylic acids is 2. The molecule has 0 radical (unpaired) electrons. The molecule has 0 aromatic heterocycles. The number of isocyanates is 1. The van der Waals surface area contributed by atoms with Gasteiger partial charge in [0.2, 0.25) is 6.08 Å². The number of benzene rings is 1. The second kappa shape index (κ2) is 9.97. The van der Waals surface area contributed by atoms with Crippen molar-refractivity contribution in [1.29, 1.82) is 0 Å².